The lowest BCUT2D eigenvalue weighted by molar-refractivity contribution is 0.670. The van der Waals surface area contributed by atoms with Crippen LogP contribution in [0.25, 0.3) is 110 Å². The highest BCUT2D eigenvalue weighted by Crippen LogP contribution is 2.46. The molecule has 13 rings (SSSR count). The third-order valence-electron chi connectivity index (χ3n) is 13.2. The summed E-state index contributed by atoms with van der Waals surface area (Å²) in [7, 11) is 0. The van der Waals surface area contributed by atoms with E-state index in [-0.39, 0.29) is 5.92 Å². The van der Waals surface area contributed by atoms with Crippen LogP contribution >= 0.6 is 11.3 Å². The van der Waals surface area contributed by atoms with Gasteiger partial charge >= 0.3 is 0 Å². The molecule has 9 aromatic carbocycles. The first kappa shape index (κ1) is 37.6. The predicted molar refractivity (Wildman–Crippen MR) is 269 cm³/mol. The van der Waals surface area contributed by atoms with Crippen LogP contribution in [0.2, 0.25) is 0 Å². The molecule has 0 radical (unpaired) electrons. The molecule has 0 aliphatic heterocycles. The van der Waals surface area contributed by atoms with Crippen LogP contribution in [-0.4, -0.2) is 15.0 Å². The smallest absolute Gasteiger partial charge is 0.164 e. The standard InChI is InChI=1S/C60H39N3OS/c1-3-14-40(15-4-1)58-61-59(41-16-5-2-6-17-41)63-60(62-58)50-22-12-24-55-56(50)52-36-43(31-34-54(52)65-55)42-30-33-47-45(32-29-37-13-7-8-18-44(37)51(47)35-42)38-25-27-39(28-26-38)46-20-11-21-49-48-19-9-10-23-53(48)64-57(46)49/h1-28,30-31,33-36,45H,29,32H2. The normalized spacial score (nSPS) is 13.6. The highest BCUT2D eigenvalue weighted by molar-refractivity contribution is 7.26. The predicted octanol–water partition coefficient (Wildman–Crippen LogP) is 16.2. The third kappa shape index (κ3) is 6.46. The van der Waals surface area contributed by atoms with Crippen LogP contribution in [0.1, 0.15) is 29.0 Å². The molecule has 1 aliphatic carbocycles. The fourth-order valence-electron chi connectivity index (χ4n) is 10.1. The van der Waals surface area contributed by atoms with Gasteiger partial charge in [-0.05, 0) is 87.7 Å². The SMILES string of the molecule is c1ccc(-c2nc(-c3ccccc3)nc(-c3cccc4sc5ccc(-c6ccc7c(c6)-c6ccccc6CCC7c6ccc(-c7cccc8c7oc7ccccc78)cc6)cc5c34)n2)cc1. The van der Waals surface area contributed by atoms with E-state index in [1.807, 2.05) is 53.8 Å². The van der Waals surface area contributed by atoms with E-state index in [1.165, 1.54) is 59.1 Å². The second-order valence-electron chi connectivity index (χ2n) is 17.0. The average Bonchev–Trinajstić information content (AvgIpc) is 3.90. The Balaban J connectivity index is 0.909. The van der Waals surface area contributed by atoms with E-state index in [1.54, 1.807) is 0 Å². The number of furan rings is 1. The highest BCUT2D eigenvalue weighted by Gasteiger charge is 2.25. The van der Waals surface area contributed by atoms with Crippen molar-refractivity contribution in [3.05, 3.63) is 223 Å². The molecule has 0 amide bonds. The van der Waals surface area contributed by atoms with Gasteiger partial charge in [-0.2, -0.15) is 0 Å². The van der Waals surface area contributed by atoms with Gasteiger partial charge in [0.1, 0.15) is 11.2 Å². The van der Waals surface area contributed by atoms with E-state index < -0.39 is 0 Å². The number of benzene rings is 9. The molecule has 0 saturated heterocycles. The largest absolute Gasteiger partial charge is 0.455 e. The summed E-state index contributed by atoms with van der Waals surface area (Å²) in [6.45, 7) is 0. The van der Waals surface area contributed by atoms with E-state index in [0.717, 1.165) is 62.6 Å². The Hall–Kier alpha value is -7.99. The van der Waals surface area contributed by atoms with Crippen molar-refractivity contribution in [1.29, 1.82) is 0 Å². The second-order valence-corrected chi connectivity index (χ2v) is 18.1. The first-order valence-electron chi connectivity index (χ1n) is 22.3. The molecule has 0 bridgehead atoms. The number of para-hydroxylation sites is 2. The molecule has 0 N–H and O–H groups in total. The highest BCUT2D eigenvalue weighted by atomic mass is 32.1. The van der Waals surface area contributed by atoms with Crippen LogP contribution in [0.5, 0.6) is 0 Å². The first-order chi connectivity index (χ1) is 32.2. The van der Waals surface area contributed by atoms with Crippen LogP contribution in [-0.2, 0) is 6.42 Å². The number of hydrogen-bond donors (Lipinski definition) is 0. The number of hydrogen-bond acceptors (Lipinski definition) is 5. The van der Waals surface area contributed by atoms with Crippen LogP contribution in [0.15, 0.2) is 211 Å². The van der Waals surface area contributed by atoms with Crippen LogP contribution in [0.3, 0.4) is 0 Å². The summed E-state index contributed by atoms with van der Waals surface area (Å²) in [5, 5.41) is 4.67. The summed E-state index contributed by atoms with van der Waals surface area (Å²) in [4.78, 5) is 15.3. The van der Waals surface area contributed by atoms with Crippen molar-refractivity contribution in [3.63, 3.8) is 0 Å². The van der Waals surface area contributed by atoms with E-state index in [4.69, 9.17) is 19.4 Å². The van der Waals surface area contributed by atoms with Crippen LogP contribution < -0.4 is 0 Å². The van der Waals surface area contributed by atoms with Gasteiger partial charge < -0.3 is 4.42 Å². The van der Waals surface area contributed by atoms with Crippen molar-refractivity contribution in [2.24, 2.45) is 0 Å². The van der Waals surface area contributed by atoms with Gasteiger partial charge in [0, 0.05) is 59.1 Å². The maximum absolute atomic E-state index is 6.43. The average molecular weight is 850 g/mol. The van der Waals surface area contributed by atoms with Crippen molar-refractivity contribution in [1.82, 2.24) is 15.0 Å². The monoisotopic (exact) mass is 849 g/mol. The molecular formula is C60H39N3OS. The molecule has 4 nitrogen and oxygen atoms in total. The molecule has 12 aromatic rings. The number of rotatable bonds is 6. The fourth-order valence-corrected chi connectivity index (χ4v) is 11.2. The minimum Gasteiger partial charge on any atom is -0.455 e. The quantitative estimate of drug-likeness (QED) is 0.167. The summed E-state index contributed by atoms with van der Waals surface area (Å²) in [5.74, 6) is 2.23. The number of thiophene rings is 1. The van der Waals surface area contributed by atoms with Crippen molar-refractivity contribution < 1.29 is 4.42 Å². The molecule has 1 unspecified atom stereocenters. The minimum atomic E-state index is 0.246. The Morgan fingerprint density at radius 2 is 1.05 bits per heavy atom. The van der Waals surface area contributed by atoms with Gasteiger partial charge in [-0.15, -0.1) is 11.3 Å². The van der Waals surface area contributed by atoms with Gasteiger partial charge in [0.2, 0.25) is 0 Å². The molecule has 1 atom stereocenters. The number of aromatic nitrogens is 3. The summed E-state index contributed by atoms with van der Waals surface area (Å²) in [6.07, 6.45) is 2.04. The number of aryl methyl sites for hydroxylation is 1. The molecule has 0 saturated carbocycles. The minimum absolute atomic E-state index is 0.246. The summed E-state index contributed by atoms with van der Waals surface area (Å²) < 4.78 is 8.87. The molecule has 65 heavy (non-hydrogen) atoms. The zero-order valence-electron chi connectivity index (χ0n) is 35.3. The third-order valence-corrected chi connectivity index (χ3v) is 14.4. The zero-order chi connectivity index (χ0) is 42.8. The lowest BCUT2D eigenvalue weighted by Gasteiger charge is -2.20. The molecule has 1 aliphatic rings. The van der Waals surface area contributed by atoms with Crippen molar-refractivity contribution in [2.45, 2.75) is 18.8 Å². The lowest BCUT2D eigenvalue weighted by atomic mass is 9.84. The van der Waals surface area contributed by atoms with Crippen molar-refractivity contribution in [3.8, 4) is 67.5 Å². The van der Waals surface area contributed by atoms with Gasteiger partial charge in [-0.1, -0.05) is 176 Å². The molecule has 5 heteroatoms. The Morgan fingerprint density at radius 3 is 1.86 bits per heavy atom. The number of nitrogens with zero attached hydrogens (tertiary/aromatic N) is 3. The molecule has 0 spiro atoms. The van der Waals surface area contributed by atoms with Crippen molar-refractivity contribution in [2.75, 3.05) is 0 Å². The first-order valence-corrected chi connectivity index (χ1v) is 23.1. The Kier molecular flexibility index (Phi) is 8.88. The second kappa shape index (κ2) is 15.4. The van der Waals surface area contributed by atoms with Gasteiger partial charge in [-0.25, -0.2) is 15.0 Å². The van der Waals surface area contributed by atoms with Gasteiger partial charge in [0.25, 0.3) is 0 Å². The molecular weight excluding hydrogens is 811 g/mol. The summed E-state index contributed by atoms with van der Waals surface area (Å²) in [5.41, 5.74) is 16.2. The zero-order valence-corrected chi connectivity index (χ0v) is 36.1. The number of fused-ring (bicyclic) bond motifs is 9. The maximum Gasteiger partial charge on any atom is 0.164 e. The van der Waals surface area contributed by atoms with Crippen molar-refractivity contribution >= 4 is 53.4 Å². The van der Waals surface area contributed by atoms with Crippen LogP contribution in [0.4, 0.5) is 0 Å². The van der Waals surface area contributed by atoms with Gasteiger partial charge in [0.05, 0.1) is 0 Å². The molecule has 3 heterocycles. The lowest BCUT2D eigenvalue weighted by Crippen LogP contribution is -2.02. The molecule has 3 aromatic heterocycles. The Bertz CT molecular complexity index is 3720. The summed E-state index contributed by atoms with van der Waals surface area (Å²) in [6, 6.07) is 74.0. The van der Waals surface area contributed by atoms with E-state index >= 15 is 0 Å². The Morgan fingerprint density at radius 1 is 0.415 bits per heavy atom. The van der Waals surface area contributed by atoms with E-state index in [2.05, 4.69) is 164 Å². The van der Waals surface area contributed by atoms with E-state index in [9.17, 15) is 0 Å². The van der Waals surface area contributed by atoms with Gasteiger partial charge in [0.15, 0.2) is 17.5 Å². The topological polar surface area (TPSA) is 51.8 Å². The fraction of sp³-hybridized carbons (Fsp3) is 0.0500. The van der Waals surface area contributed by atoms with Gasteiger partial charge in [-0.3, -0.25) is 0 Å². The van der Waals surface area contributed by atoms with E-state index in [0.29, 0.717) is 17.5 Å². The molecule has 0 fully saturated rings. The molecule has 306 valence electrons. The Labute approximate surface area is 380 Å². The van der Waals surface area contributed by atoms with Crippen LogP contribution in [0, 0.1) is 0 Å². The maximum atomic E-state index is 6.43. The summed E-state index contributed by atoms with van der Waals surface area (Å²) >= 11 is 1.81.